The first kappa shape index (κ1) is 15.3. The summed E-state index contributed by atoms with van der Waals surface area (Å²) in [4.78, 5) is 24.3. The van der Waals surface area contributed by atoms with Crippen LogP contribution in [-0.2, 0) is 16.0 Å². The molecule has 1 aliphatic rings. The molecule has 114 valence electrons. The molecule has 0 saturated carbocycles. The van der Waals surface area contributed by atoms with E-state index in [0.717, 1.165) is 12.8 Å². The number of rotatable bonds is 5. The molecule has 1 heterocycles. The van der Waals surface area contributed by atoms with Crippen molar-refractivity contribution in [3.8, 4) is 0 Å². The van der Waals surface area contributed by atoms with E-state index < -0.39 is 12.1 Å². The van der Waals surface area contributed by atoms with Crippen LogP contribution in [0.4, 0.5) is 4.79 Å². The van der Waals surface area contributed by atoms with E-state index in [1.54, 1.807) is 0 Å². The first-order chi connectivity index (χ1) is 10.2. The first-order valence-electron chi connectivity index (χ1n) is 7.08. The van der Waals surface area contributed by atoms with Gasteiger partial charge in [0.25, 0.3) is 0 Å². The Hall–Kier alpha value is -2.08. The zero-order valence-electron chi connectivity index (χ0n) is 11.8. The van der Waals surface area contributed by atoms with Crippen molar-refractivity contribution in [3.05, 3.63) is 35.9 Å². The molecule has 6 heteroatoms. The summed E-state index contributed by atoms with van der Waals surface area (Å²) < 4.78 is 5.08. The lowest BCUT2D eigenvalue weighted by Gasteiger charge is -2.30. The fourth-order valence-corrected chi connectivity index (χ4v) is 2.23. The Morgan fingerprint density at radius 1 is 1.33 bits per heavy atom. The molecule has 1 aliphatic heterocycles. The Morgan fingerprint density at radius 2 is 2.10 bits per heavy atom. The molecule has 0 radical (unpaired) electrons. The average Bonchev–Trinajstić information content (AvgIpc) is 2.52. The molecule has 0 aromatic heterocycles. The summed E-state index contributed by atoms with van der Waals surface area (Å²) in [5.41, 5.74) is 1.24. The number of hydrogen-bond acceptors (Lipinski definition) is 3. The van der Waals surface area contributed by atoms with Crippen LogP contribution < -0.4 is 5.32 Å². The Kier molecular flexibility index (Phi) is 5.57. The van der Waals surface area contributed by atoms with Crippen LogP contribution in [0.3, 0.4) is 0 Å². The van der Waals surface area contributed by atoms with Crippen molar-refractivity contribution in [1.29, 1.82) is 0 Å². The van der Waals surface area contributed by atoms with Crippen LogP contribution in [0.2, 0.25) is 0 Å². The maximum Gasteiger partial charge on any atom is 0.334 e. The van der Waals surface area contributed by atoms with Gasteiger partial charge in [-0.1, -0.05) is 30.3 Å². The minimum atomic E-state index is -1.03. The van der Waals surface area contributed by atoms with Crippen molar-refractivity contribution in [1.82, 2.24) is 10.2 Å². The third-order valence-electron chi connectivity index (χ3n) is 3.39. The molecule has 6 nitrogen and oxygen atoms in total. The summed E-state index contributed by atoms with van der Waals surface area (Å²) in [6.45, 7) is 1.35. The van der Waals surface area contributed by atoms with Crippen molar-refractivity contribution in [3.63, 3.8) is 0 Å². The molecule has 1 aromatic carbocycles. The number of aliphatic carboxylic acids is 1. The molecule has 2 N–H and O–H groups in total. The second-order valence-corrected chi connectivity index (χ2v) is 4.96. The maximum absolute atomic E-state index is 11.9. The monoisotopic (exact) mass is 292 g/mol. The largest absolute Gasteiger partial charge is 0.479 e. The van der Waals surface area contributed by atoms with E-state index in [-0.39, 0.29) is 19.2 Å². The highest BCUT2D eigenvalue weighted by Crippen LogP contribution is 2.06. The van der Waals surface area contributed by atoms with Gasteiger partial charge in [-0.3, -0.25) is 0 Å². The van der Waals surface area contributed by atoms with Gasteiger partial charge in [-0.2, -0.15) is 0 Å². The van der Waals surface area contributed by atoms with E-state index in [2.05, 4.69) is 17.4 Å². The van der Waals surface area contributed by atoms with E-state index in [0.29, 0.717) is 13.1 Å². The molecule has 21 heavy (non-hydrogen) atoms. The van der Waals surface area contributed by atoms with E-state index >= 15 is 0 Å². The average molecular weight is 292 g/mol. The molecule has 0 aliphatic carbocycles. The lowest BCUT2D eigenvalue weighted by Crippen LogP contribution is -2.51. The fourth-order valence-electron chi connectivity index (χ4n) is 2.23. The van der Waals surface area contributed by atoms with Crippen LogP contribution in [-0.4, -0.2) is 54.4 Å². The lowest BCUT2D eigenvalue weighted by molar-refractivity contribution is -0.154. The van der Waals surface area contributed by atoms with Gasteiger partial charge in [-0.05, 0) is 18.4 Å². The lowest BCUT2D eigenvalue weighted by atomic mass is 10.1. The quantitative estimate of drug-likeness (QED) is 0.797. The zero-order chi connectivity index (χ0) is 15.1. The predicted octanol–water partition coefficient (Wildman–Crippen LogP) is 1.11. The summed E-state index contributed by atoms with van der Waals surface area (Å²) >= 11 is 0. The fraction of sp³-hybridized carbons (Fsp3) is 0.467. The number of urea groups is 1. The van der Waals surface area contributed by atoms with Crippen molar-refractivity contribution in [2.75, 3.05) is 26.2 Å². The van der Waals surface area contributed by atoms with Gasteiger partial charge in [-0.25, -0.2) is 9.59 Å². The number of benzene rings is 1. The summed E-state index contributed by atoms with van der Waals surface area (Å²) in [6, 6.07) is 9.85. The third-order valence-corrected chi connectivity index (χ3v) is 3.39. The standard InChI is InChI=1S/C15H20N2O4/c18-14(19)13-11-17(9-10-21-13)15(20)16-8-4-7-12-5-2-1-3-6-12/h1-3,5-6,13H,4,7-11H2,(H,16,20)(H,18,19). The third kappa shape index (κ3) is 4.75. The number of carboxylic acid groups (broad SMARTS) is 1. The maximum atomic E-state index is 11.9. The van der Waals surface area contributed by atoms with Crippen LogP contribution in [0, 0.1) is 0 Å². The number of carbonyl (C=O) groups is 2. The summed E-state index contributed by atoms with van der Waals surface area (Å²) in [7, 11) is 0. The van der Waals surface area contributed by atoms with E-state index in [4.69, 9.17) is 9.84 Å². The van der Waals surface area contributed by atoms with Crippen molar-refractivity contribution in [2.24, 2.45) is 0 Å². The van der Waals surface area contributed by atoms with Crippen LogP contribution in [0.1, 0.15) is 12.0 Å². The molecule has 2 rings (SSSR count). The van der Waals surface area contributed by atoms with Gasteiger partial charge >= 0.3 is 12.0 Å². The number of amides is 2. The number of aryl methyl sites for hydroxylation is 1. The van der Waals surface area contributed by atoms with E-state index in [9.17, 15) is 9.59 Å². The highest BCUT2D eigenvalue weighted by molar-refractivity contribution is 5.77. The minimum absolute atomic E-state index is 0.0971. The number of morpholine rings is 1. The topological polar surface area (TPSA) is 78.9 Å². The molecular weight excluding hydrogens is 272 g/mol. The number of carbonyl (C=O) groups excluding carboxylic acids is 1. The Labute approximate surface area is 123 Å². The SMILES string of the molecule is O=C(O)C1CN(C(=O)NCCCc2ccccc2)CCO1. The second-order valence-electron chi connectivity index (χ2n) is 4.96. The molecule has 1 unspecified atom stereocenters. The van der Waals surface area contributed by atoms with Gasteiger partial charge < -0.3 is 20.1 Å². The Morgan fingerprint density at radius 3 is 2.81 bits per heavy atom. The van der Waals surface area contributed by atoms with Crippen LogP contribution in [0.25, 0.3) is 0 Å². The minimum Gasteiger partial charge on any atom is -0.479 e. The molecule has 1 aromatic rings. The summed E-state index contributed by atoms with van der Waals surface area (Å²) in [6.07, 6.45) is 0.832. The van der Waals surface area contributed by atoms with Gasteiger partial charge in [0, 0.05) is 13.1 Å². The molecule has 1 saturated heterocycles. The number of nitrogens with zero attached hydrogens (tertiary/aromatic N) is 1. The summed E-state index contributed by atoms with van der Waals surface area (Å²) in [5, 5.41) is 11.7. The molecular formula is C15H20N2O4. The molecule has 2 amide bonds. The summed E-state index contributed by atoms with van der Waals surface area (Å²) in [5.74, 6) is -1.03. The molecule has 1 fully saturated rings. The number of nitrogens with one attached hydrogen (secondary N) is 1. The first-order valence-corrected chi connectivity index (χ1v) is 7.08. The Balaban J connectivity index is 1.68. The highest BCUT2D eigenvalue weighted by Gasteiger charge is 2.28. The van der Waals surface area contributed by atoms with Gasteiger partial charge in [0.2, 0.25) is 0 Å². The van der Waals surface area contributed by atoms with Crippen molar-refractivity contribution < 1.29 is 19.4 Å². The second kappa shape index (κ2) is 7.64. The normalized spacial score (nSPS) is 18.3. The molecule has 1 atom stereocenters. The van der Waals surface area contributed by atoms with Gasteiger partial charge in [0.1, 0.15) is 0 Å². The van der Waals surface area contributed by atoms with Crippen molar-refractivity contribution >= 4 is 12.0 Å². The van der Waals surface area contributed by atoms with Gasteiger partial charge in [0.05, 0.1) is 13.2 Å². The van der Waals surface area contributed by atoms with Crippen molar-refractivity contribution in [2.45, 2.75) is 18.9 Å². The van der Waals surface area contributed by atoms with Crippen LogP contribution >= 0.6 is 0 Å². The smallest absolute Gasteiger partial charge is 0.334 e. The highest BCUT2D eigenvalue weighted by atomic mass is 16.5. The van der Waals surface area contributed by atoms with Gasteiger partial charge in [-0.15, -0.1) is 0 Å². The van der Waals surface area contributed by atoms with E-state index in [1.165, 1.54) is 10.5 Å². The Bertz CT molecular complexity index is 478. The zero-order valence-corrected chi connectivity index (χ0v) is 11.8. The molecule has 0 spiro atoms. The molecule has 0 bridgehead atoms. The van der Waals surface area contributed by atoms with Gasteiger partial charge in [0.15, 0.2) is 6.10 Å². The number of hydrogen-bond donors (Lipinski definition) is 2. The van der Waals surface area contributed by atoms with Crippen LogP contribution in [0.5, 0.6) is 0 Å². The number of ether oxygens (including phenoxy) is 1. The number of carboxylic acids is 1. The van der Waals surface area contributed by atoms with E-state index in [1.807, 2.05) is 18.2 Å². The van der Waals surface area contributed by atoms with Crippen LogP contribution in [0.15, 0.2) is 30.3 Å². The predicted molar refractivity (Wildman–Crippen MR) is 77.1 cm³/mol.